The van der Waals surface area contributed by atoms with Crippen molar-refractivity contribution < 1.29 is 54.9 Å². The summed E-state index contributed by atoms with van der Waals surface area (Å²) in [4.78, 5) is 37.5. The van der Waals surface area contributed by atoms with Gasteiger partial charge in [-0.05, 0) is 32.6 Å². The number of carbonyl (C=O) groups is 3. The SMILES string of the molecule is CC(OC(=O)C1C2CC3C(OC(=O)C31)C2OC(=O)C1CC=CCC1)(C(F)(F)F)C(F)(F)F. The smallest absolute Gasteiger partial charge is 0.437 e. The Bertz CT molecular complexity index is 834. The van der Waals surface area contributed by atoms with Gasteiger partial charge in [0.05, 0.1) is 17.8 Å². The molecule has 32 heavy (non-hydrogen) atoms. The first kappa shape index (κ1) is 22.9. The highest BCUT2D eigenvalue weighted by atomic mass is 19.4. The topological polar surface area (TPSA) is 78.9 Å². The van der Waals surface area contributed by atoms with Gasteiger partial charge in [0.1, 0.15) is 12.2 Å². The van der Waals surface area contributed by atoms with Crippen LogP contribution in [0.5, 0.6) is 0 Å². The molecule has 6 nitrogen and oxygen atoms in total. The quantitative estimate of drug-likeness (QED) is 0.271. The summed E-state index contributed by atoms with van der Waals surface area (Å²) in [5, 5.41) is 0. The summed E-state index contributed by atoms with van der Waals surface area (Å²) >= 11 is 0. The van der Waals surface area contributed by atoms with Crippen LogP contribution in [0.1, 0.15) is 32.6 Å². The fourth-order valence-electron chi connectivity index (χ4n) is 5.25. The standard InChI is InChI=1S/C20H20F6O6/c1-18(19(21,22)23,20(24,25)26)32-17(29)12-10-7-9-11(12)16(28)31-14(9)13(10)30-15(27)8-5-3-2-4-6-8/h2-3,8-14H,4-7H2,1H3. The van der Waals surface area contributed by atoms with Crippen LogP contribution in [-0.2, 0) is 28.6 Å². The molecule has 1 heterocycles. The van der Waals surface area contributed by atoms with Crippen molar-refractivity contribution in [2.75, 3.05) is 0 Å². The molecular weight excluding hydrogens is 450 g/mol. The highest BCUT2D eigenvalue weighted by Gasteiger charge is 2.74. The molecule has 0 radical (unpaired) electrons. The third kappa shape index (κ3) is 3.37. The van der Waals surface area contributed by atoms with E-state index in [0.29, 0.717) is 19.3 Å². The minimum Gasteiger partial charge on any atom is -0.458 e. The van der Waals surface area contributed by atoms with Gasteiger partial charge in [0.15, 0.2) is 0 Å². The molecule has 1 saturated heterocycles. The second kappa shape index (κ2) is 7.38. The molecule has 2 saturated carbocycles. The molecule has 3 fully saturated rings. The molecule has 0 spiro atoms. The Morgan fingerprint density at radius 1 is 1.03 bits per heavy atom. The van der Waals surface area contributed by atoms with Crippen molar-refractivity contribution in [1.29, 1.82) is 0 Å². The maximum Gasteiger partial charge on any atom is 0.437 e. The Morgan fingerprint density at radius 3 is 2.25 bits per heavy atom. The highest BCUT2D eigenvalue weighted by Crippen LogP contribution is 2.60. The van der Waals surface area contributed by atoms with E-state index in [0.717, 1.165) is 0 Å². The molecule has 4 aliphatic rings. The van der Waals surface area contributed by atoms with Crippen LogP contribution >= 0.6 is 0 Å². The van der Waals surface area contributed by atoms with Crippen molar-refractivity contribution in [2.45, 2.75) is 62.8 Å². The van der Waals surface area contributed by atoms with Crippen LogP contribution in [0.4, 0.5) is 26.3 Å². The predicted molar refractivity (Wildman–Crippen MR) is 91.4 cm³/mol. The molecule has 0 amide bonds. The highest BCUT2D eigenvalue weighted by molar-refractivity contribution is 5.86. The number of fused-ring (bicyclic) bond motifs is 1. The lowest BCUT2D eigenvalue weighted by molar-refractivity contribution is -0.364. The number of rotatable bonds is 4. The first-order chi connectivity index (χ1) is 14.8. The number of allylic oxidation sites excluding steroid dienone is 2. The lowest BCUT2D eigenvalue weighted by atomic mass is 9.78. The molecular formula is C20H20F6O6. The van der Waals surface area contributed by atoms with Gasteiger partial charge in [0, 0.05) is 11.8 Å². The minimum absolute atomic E-state index is 0.0953. The summed E-state index contributed by atoms with van der Waals surface area (Å²) in [6.07, 6.45) is -8.47. The first-order valence-electron chi connectivity index (χ1n) is 10.2. The van der Waals surface area contributed by atoms with E-state index >= 15 is 0 Å². The average Bonchev–Trinajstić information content (AvgIpc) is 3.30. The van der Waals surface area contributed by atoms with E-state index in [1.807, 2.05) is 6.08 Å². The third-order valence-corrected chi connectivity index (χ3v) is 7.06. The average molecular weight is 470 g/mol. The summed E-state index contributed by atoms with van der Waals surface area (Å²) in [5.41, 5.74) is -4.75. The zero-order valence-corrected chi connectivity index (χ0v) is 16.7. The monoisotopic (exact) mass is 470 g/mol. The summed E-state index contributed by atoms with van der Waals surface area (Å²) in [6.45, 7) is -0.276. The molecule has 2 bridgehead atoms. The molecule has 4 rings (SSSR count). The minimum atomic E-state index is -5.93. The second-order valence-corrected chi connectivity index (χ2v) is 8.85. The maximum atomic E-state index is 13.2. The number of hydrogen-bond acceptors (Lipinski definition) is 6. The second-order valence-electron chi connectivity index (χ2n) is 8.85. The Hall–Kier alpha value is -2.27. The van der Waals surface area contributed by atoms with Crippen LogP contribution in [0.25, 0.3) is 0 Å². The van der Waals surface area contributed by atoms with E-state index in [9.17, 15) is 40.7 Å². The molecule has 3 aliphatic carbocycles. The van der Waals surface area contributed by atoms with Gasteiger partial charge in [-0.2, -0.15) is 26.3 Å². The summed E-state index contributed by atoms with van der Waals surface area (Å²) in [7, 11) is 0. The Kier molecular flexibility index (Phi) is 5.28. The molecule has 0 N–H and O–H groups in total. The fraction of sp³-hybridized carbons (Fsp3) is 0.750. The van der Waals surface area contributed by atoms with E-state index in [1.54, 1.807) is 6.08 Å². The van der Waals surface area contributed by atoms with E-state index in [1.165, 1.54) is 0 Å². The van der Waals surface area contributed by atoms with Crippen LogP contribution in [0.3, 0.4) is 0 Å². The van der Waals surface area contributed by atoms with Crippen LogP contribution < -0.4 is 0 Å². The molecule has 7 atom stereocenters. The van der Waals surface area contributed by atoms with E-state index in [4.69, 9.17) is 9.47 Å². The predicted octanol–water partition coefficient (Wildman–Crippen LogP) is 3.49. The molecule has 7 unspecified atom stereocenters. The molecule has 12 heteroatoms. The number of halogens is 6. The van der Waals surface area contributed by atoms with Crippen molar-refractivity contribution >= 4 is 17.9 Å². The van der Waals surface area contributed by atoms with Gasteiger partial charge in [-0.25, -0.2) is 0 Å². The molecule has 1 aliphatic heterocycles. The van der Waals surface area contributed by atoms with E-state index < -0.39 is 77.7 Å². The molecule has 0 aromatic carbocycles. The first-order valence-corrected chi connectivity index (χ1v) is 10.2. The lowest BCUT2D eigenvalue weighted by Crippen LogP contribution is -2.58. The molecule has 0 aromatic heterocycles. The van der Waals surface area contributed by atoms with Crippen molar-refractivity contribution in [2.24, 2.45) is 29.6 Å². The lowest BCUT2D eigenvalue weighted by Gasteiger charge is -2.36. The maximum absolute atomic E-state index is 13.2. The molecule has 178 valence electrons. The van der Waals surface area contributed by atoms with Crippen LogP contribution in [-0.4, -0.2) is 48.1 Å². The summed E-state index contributed by atoms with van der Waals surface area (Å²) in [5.74, 6) is -8.25. The number of carbonyl (C=O) groups excluding carboxylic acids is 3. The Labute approximate surface area is 178 Å². The molecule has 0 aromatic rings. The van der Waals surface area contributed by atoms with Gasteiger partial charge in [0.2, 0.25) is 0 Å². The Morgan fingerprint density at radius 2 is 1.69 bits per heavy atom. The van der Waals surface area contributed by atoms with Gasteiger partial charge in [-0.15, -0.1) is 0 Å². The number of hydrogen-bond donors (Lipinski definition) is 0. The normalized spacial score (nSPS) is 36.2. The summed E-state index contributed by atoms with van der Waals surface area (Å²) < 4.78 is 93.9. The number of esters is 3. The van der Waals surface area contributed by atoms with Crippen molar-refractivity contribution in [3.8, 4) is 0 Å². The van der Waals surface area contributed by atoms with E-state index in [-0.39, 0.29) is 13.3 Å². The van der Waals surface area contributed by atoms with Gasteiger partial charge in [0.25, 0.3) is 5.60 Å². The Balaban J connectivity index is 1.56. The third-order valence-electron chi connectivity index (χ3n) is 7.06. The van der Waals surface area contributed by atoms with Crippen molar-refractivity contribution in [1.82, 2.24) is 0 Å². The van der Waals surface area contributed by atoms with Gasteiger partial charge in [-0.1, -0.05) is 12.2 Å². The van der Waals surface area contributed by atoms with Gasteiger partial charge < -0.3 is 14.2 Å². The summed E-state index contributed by atoms with van der Waals surface area (Å²) in [6, 6.07) is 0. The van der Waals surface area contributed by atoms with E-state index in [2.05, 4.69) is 4.74 Å². The zero-order valence-electron chi connectivity index (χ0n) is 16.7. The van der Waals surface area contributed by atoms with Crippen LogP contribution in [0.15, 0.2) is 12.2 Å². The number of ether oxygens (including phenoxy) is 3. The van der Waals surface area contributed by atoms with Gasteiger partial charge in [-0.3, -0.25) is 14.4 Å². The largest absolute Gasteiger partial charge is 0.458 e. The van der Waals surface area contributed by atoms with Crippen LogP contribution in [0, 0.1) is 29.6 Å². The van der Waals surface area contributed by atoms with Crippen molar-refractivity contribution in [3.63, 3.8) is 0 Å². The number of alkyl halides is 6. The zero-order chi connectivity index (χ0) is 23.6. The van der Waals surface area contributed by atoms with Crippen LogP contribution in [0.2, 0.25) is 0 Å². The fourth-order valence-corrected chi connectivity index (χ4v) is 5.25. The van der Waals surface area contributed by atoms with Gasteiger partial charge >= 0.3 is 30.3 Å². The van der Waals surface area contributed by atoms with Crippen molar-refractivity contribution in [3.05, 3.63) is 12.2 Å².